The Kier molecular flexibility index (Phi) is 5.82. The molecule has 6 heteroatoms. The van der Waals surface area contributed by atoms with Crippen molar-refractivity contribution in [2.24, 2.45) is 0 Å². The molecule has 0 aliphatic rings. The summed E-state index contributed by atoms with van der Waals surface area (Å²) in [5.41, 5.74) is 0. The molecule has 0 rings (SSSR count). The van der Waals surface area contributed by atoms with Crippen molar-refractivity contribution in [1.29, 1.82) is 0 Å². The zero-order valence-electron chi connectivity index (χ0n) is 9.43. The fourth-order valence-electron chi connectivity index (χ4n) is 1.30. The Hall–Kier alpha value is -0.620. The highest BCUT2D eigenvalue weighted by atomic mass is 32.2. The summed E-state index contributed by atoms with van der Waals surface area (Å²) in [5, 5.41) is 8.52. The summed E-state index contributed by atoms with van der Waals surface area (Å²) in [6, 6.07) is -0.194. The van der Waals surface area contributed by atoms with Crippen molar-refractivity contribution < 1.29 is 18.3 Å². The minimum Gasteiger partial charge on any atom is -0.481 e. The lowest BCUT2D eigenvalue weighted by Crippen LogP contribution is -2.39. The zero-order chi connectivity index (χ0) is 12.1. The zero-order valence-corrected chi connectivity index (χ0v) is 10.2. The Morgan fingerprint density at radius 3 is 2.27 bits per heavy atom. The Labute approximate surface area is 91.1 Å². The molecule has 0 bridgehead atoms. The molecule has 0 saturated heterocycles. The molecule has 0 radical (unpaired) electrons. The second kappa shape index (κ2) is 6.07. The third-order valence-electron chi connectivity index (χ3n) is 1.94. The fraction of sp³-hybridized carbons (Fsp3) is 0.889. The van der Waals surface area contributed by atoms with E-state index in [0.29, 0.717) is 6.42 Å². The summed E-state index contributed by atoms with van der Waals surface area (Å²) in [6.07, 6.45) is 0.389. The highest BCUT2D eigenvalue weighted by molar-refractivity contribution is 7.89. The molecule has 0 amide bonds. The molecule has 90 valence electrons. The van der Waals surface area contributed by atoms with Crippen LogP contribution in [0.25, 0.3) is 0 Å². The predicted octanol–water partition coefficient (Wildman–Crippen LogP) is 0.911. The van der Waals surface area contributed by atoms with Crippen LogP contribution in [-0.2, 0) is 14.8 Å². The summed E-state index contributed by atoms with van der Waals surface area (Å²) >= 11 is 0. The van der Waals surface area contributed by atoms with Crippen molar-refractivity contribution in [3.8, 4) is 0 Å². The van der Waals surface area contributed by atoms with E-state index in [1.54, 1.807) is 20.8 Å². The average Bonchev–Trinajstić information content (AvgIpc) is 2.01. The van der Waals surface area contributed by atoms with Crippen LogP contribution in [0.3, 0.4) is 0 Å². The molecule has 0 saturated carbocycles. The van der Waals surface area contributed by atoms with Crippen LogP contribution in [0.15, 0.2) is 0 Å². The van der Waals surface area contributed by atoms with E-state index in [1.807, 2.05) is 0 Å². The van der Waals surface area contributed by atoms with Gasteiger partial charge in [-0.1, -0.05) is 6.92 Å². The largest absolute Gasteiger partial charge is 0.481 e. The lowest BCUT2D eigenvalue weighted by molar-refractivity contribution is -0.137. The van der Waals surface area contributed by atoms with Crippen molar-refractivity contribution in [1.82, 2.24) is 4.31 Å². The van der Waals surface area contributed by atoms with E-state index < -0.39 is 16.0 Å². The number of carbonyl (C=O) groups is 1. The van der Waals surface area contributed by atoms with Gasteiger partial charge in [0.25, 0.3) is 0 Å². The molecule has 0 aromatic rings. The van der Waals surface area contributed by atoms with Gasteiger partial charge in [0.05, 0.1) is 12.2 Å². The highest BCUT2D eigenvalue weighted by Crippen LogP contribution is 2.09. The minimum atomic E-state index is -3.30. The number of sulfonamides is 1. The van der Waals surface area contributed by atoms with E-state index in [2.05, 4.69) is 0 Å². The molecule has 0 unspecified atom stereocenters. The second-order valence-corrected chi connectivity index (χ2v) is 5.71. The first-order chi connectivity index (χ1) is 6.81. The molecule has 0 aliphatic heterocycles. The van der Waals surface area contributed by atoms with Gasteiger partial charge in [-0.25, -0.2) is 8.42 Å². The van der Waals surface area contributed by atoms with Gasteiger partial charge < -0.3 is 5.11 Å². The van der Waals surface area contributed by atoms with Crippen LogP contribution in [0.4, 0.5) is 0 Å². The van der Waals surface area contributed by atoms with E-state index in [1.165, 1.54) is 4.31 Å². The summed E-state index contributed by atoms with van der Waals surface area (Å²) in [7, 11) is -3.30. The quantitative estimate of drug-likeness (QED) is 0.714. The molecule has 1 N–H and O–H groups in total. The van der Waals surface area contributed by atoms with Gasteiger partial charge in [0, 0.05) is 12.6 Å². The standard InChI is InChI=1S/C9H19NO4S/c1-4-7-15(13,14)10(8(2)3)6-5-9(11)12/h8H,4-7H2,1-3H3,(H,11,12). The van der Waals surface area contributed by atoms with E-state index in [4.69, 9.17) is 5.11 Å². The number of rotatable bonds is 7. The lowest BCUT2D eigenvalue weighted by Gasteiger charge is -2.24. The van der Waals surface area contributed by atoms with E-state index in [-0.39, 0.29) is 24.8 Å². The molecule has 0 atom stereocenters. The molecular formula is C9H19NO4S. The first kappa shape index (κ1) is 14.4. The topological polar surface area (TPSA) is 74.7 Å². The molecular weight excluding hydrogens is 218 g/mol. The lowest BCUT2D eigenvalue weighted by atomic mass is 10.3. The SMILES string of the molecule is CCCS(=O)(=O)N(CCC(=O)O)C(C)C. The van der Waals surface area contributed by atoms with Crippen molar-refractivity contribution in [2.75, 3.05) is 12.3 Å². The Morgan fingerprint density at radius 2 is 1.93 bits per heavy atom. The van der Waals surface area contributed by atoms with Gasteiger partial charge in [0.2, 0.25) is 10.0 Å². The maximum Gasteiger partial charge on any atom is 0.304 e. The number of hydrogen-bond donors (Lipinski definition) is 1. The van der Waals surface area contributed by atoms with Gasteiger partial charge in [-0.2, -0.15) is 4.31 Å². The van der Waals surface area contributed by atoms with Crippen LogP contribution >= 0.6 is 0 Å². The predicted molar refractivity (Wildman–Crippen MR) is 58.2 cm³/mol. The average molecular weight is 237 g/mol. The number of aliphatic carboxylic acids is 1. The van der Waals surface area contributed by atoms with Gasteiger partial charge >= 0.3 is 5.97 Å². The molecule has 0 heterocycles. The van der Waals surface area contributed by atoms with Crippen molar-refractivity contribution in [3.63, 3.8) is 0 Å². The van der Waals surface area contributed by atoms with Crippen molar-refractivity contribution in [2.45, 2.75) is 39.7 Å². The molecule has 0 spiro atoms. The van der Waals surface area contributed by atoms with Gasteiger partial charge in [0.1, 0.15) is 0 Å². The number of nitrogens with zero attached hydrogens (tertiary/aromatic N) is 1. The smallest absolute Gasteiger partial charge is 0.304 e. The molecule has 15 heavy (non-hydrogen) atoms. The van der Waals surface area contributed by atoms with Crippen LogP contribution in [0.2, 0.25) is 0 Å². The monoisotopic (exact) mass is 237 g/mol. The first-order valence-corrected chi connectivity index (χ1v) is 6.63. The van der Waals surface area contributed by atoms with E-state index >= 15 is 0 Å². The van der Waals surface area contributed by atoms with Crippen LogP contribution < -0.4 is 0 Å². The minimum absolute atomic E-state index is 0.0509. The maximum atomic E-state index is 11.7. The molecule has 0 aromatic heterocycles. The number of hydrogen-bond acceptors (Lipinski definition) is 3. The summed E-state index contributed by atoms with van der Waals surface area (Å²) < 4.78 is 24.7. The molecule has 0 aliphatic carbocycles. The Balaban J connectivity index is 4.59. The Bertz CT molecular complexity index is 297. The van der Waals surface area contributed by atoms with Gasteiger partial charge in [-0.05, 0) is 20.3 Å². The number of carboxylic acid groups (broad SMARTS) is 1. The summed E-state index contributed by atoms with van der Waals surface area (Å²) in [4.78, 5) is 10.4. The molecule has 0 aromatic carbocycles. The second-order valence-electron chi connectivity index (χ2n) is 3.66. The van der Waals surface area contributed by atoms with Crippen molar-refractivity contribution in [3.05, 3.63) is 0 Å². The van der Waals surface area contributed by atoms with Crippen LogP contribution in [0.1, 0.15) is 33.6 Å². The third kappa shape index (κ3) is 5.13. The maximum absolute atomic E-state index is 11.7. The van der Waals surface area contributed by atoms with Crippen LogP contribution in [0.5, 0.6) is 0 Å². The van der Waals surface area contributed by atoms with Crippen LogP contribution in [-0.4, -0.2) is 42.1 Å². The summed E-state index contributed by atoms with van der Waals surface area (Å²) in [5.74, 6) is -0.905. The number of carboxylic acids is 1. The van der Waals surface area contributed by atoms with Gasteiger partial charge in [0.15, 0.2) is 0 Å². The summed E-state index contributed by atoms with van der Waals surface area (Å²) in [6.45, 7) is 5.33. The Morgan fingerprint density at radius 1 is 1.40 bits per heavy atom. The van der Waals surface area contributed by atoms with Gasteiger partial charge in [-0.3, -0.25) is 4.79 Å². The van der Waals surface area contributed by atoms with Crippen LogP contribution in [0, 0.1) is 0 Å². The molecule has 5 nitrogen and oxygen atoms in total. The highest BCUT2D eigenvalue weighted by Gasteiger charge is 2.24. The van der Waals surface area contributed by atoms with Crippen molar-refractivity contribution >= 4 is 16.0 Å². The normalized spacial score (nSPS) is 12.3. The third-order valence-corrected chi connectivity index (χ3v) is 4.18. The fourth-order valence-corrected chi connectivity index (χ4v) is 3.06. The molecule has 0 fully saturated rings. The van der Waals surface area contributed by atoms with E-state index in [9.17, 15) is 13.2 Å². The van der Waals surface area contributed by atoms with E-state index in [0.717, 1.165) is 0 Å². The first-order valence-electron chi connectivity index (χ1n) is 5.02. The van der Waals surface area contributed by atoms with Gasteiger partial charge in [-0.15, -0.1) is 0 Å².